The number of carbonyl (C=O) groups is 2. The Balaban J connectivity index is 3.15. The Morgan fingerprint density at radius 1 is 1.25 bits per heavy atom. The summed E-state index contributed by atoms with van der Waals surface area (Å²) in [5.41, 5.74) is 0.132. The van der Waals surface area contributed by atoms with Crippen molar-refractivity contribution >= 4 is 27.6 Å². The van der Waals surface area contributed by atoms with Crippen molar-refractivity contribution in [1.82, 2.24) is 0 Å². The van der Waals surface area contributed by atoms with Gasteiger partial charge in [-0.3, -0.25) is 4.79 Å². The topological polar surface area (TPSA) is 125 Å². The lowest BCUT2D eigenvalue weighted by atomic mass is 10.2. The molecule has 9 heteroatoms. The van der Waals surface area contributed by atoms with Crippen LogP contribution in [0.3, 0.4) is 0 Å². The molecule has 0 unspecified atom stereocenters. The van der Waals surface area contributed by atoms with Gasteiger partial charge >= 0.3 is 11.9 Å². The Bertz CT molecular complexity index is 626. The molecule has 0 spiro atoms. The monoisotopic (exact) mass is 302 g/mol. The molecule has 1 aromatic rings. The molecular formula is C11H14N2O6S. The van der Waals surface area contributed by atoms with E-state index in [0.717, 1.165) is 13.2 Å². The second-order valence-corrected chi connectivity index (χ2v) is 5.21. The highest BCUT2D eigenvalue weighted by Crippen LogP contribution is 2.20. The van der Waals surface area contributed by atoms with Crippen LogP contribution in [0, 0.1) is 0 Å². The van der Waals surface area contributed by atoms with Gasteiger partial charge in [0.05, 0.1) is 24.7 Å². The van der Waals surface area contributed by atoms with Crippen LogP contribution in [0.1, 0.15) is 10.4 Å². The van der Waals surface area contributed by atoms with Crippen LogP contribution in [0.25, 0.3) is 0 Å². The number of ether oxygens (including phenoxy) is 2. The maximum absolute atomic E-state index is 11.6. The van der Waals surface area contributed by atoms with Crippen molar-refractivity contribution in [2.24, 2.45) is 5.14 Å². The third kappa shape index (κ3) is 3.93. The zero-order valence-corrected chi connectivity index (χ0v) is 11.7. The minimum absolute atomic E-state index is 0.133. The second kappa shape index (κ2) is 6.35. The largest absolute Gasteiger partial charge is 0.468 e. The molecule has 1 rings (SSSR count). The molecule has 0 aliphatic carbocycles. The molecule has 8 nitrogen and oxygen atoms in total. The first kappa shape index (κ1) is 15.9. The first-order chi connectivity index (χ1) is 9.29. The number of nitrogens with one attached hydrogen (secondary N) is 1. The van der Waals surface area contributed by atoms with Gasteiger partial charge in [0.1, 0.15) is 6.54 Å². The van der Waals surface area contributed by atoms with Crippen molar-refractivity contribution in [3.8, 4) is 0 Å². The summed E-state index contributed by atoms with van der Waals surface area (Å²) in [7, 11) is -1.72. The molecule has 0 aromatic heterocycles. The Kier molecular flexibility index (Phi) is 5.06. The first-order valence-electron chi connectivity index (χ1n) is 5.35. The summed E-state index contributed by atoms with van der Waals surface area (Å²) >= 11 is 0. The van der Waals surface area contributed by atoms with E-state index in [1.54, 1.807) is 0 Å². The highest BCUT2D eigenvalue weighted by Gasteiger charge is 2.20. The molecule has 0 amide bonds. The molecular weight excluding hydrogens is 288 g/mol. The minimum Gasteiger partial charge on any atom is -0.468 e. The lowest BCUT2D eigenvalue weighted by molar-refractivity contribution is -0.138. The zero-order chi connectivity index (χ0) is 15.3. The van der Waals surface area contributed by atoms with Gasteiger partial charge in [-0.25, -0.2) is 18.4 Å². The van der Waals surface area contributed by atoms with E-state index in [1.807, 2.05) is 0 Å². The van der Waals surface area contributed by atoms with Crippen LogP contribution in [-0.4, -0.2) is 41.1 Å². The Morgan fingerprint density at radius 2 is 1.90 bits per heavy atom. The molecule has 0 fully saturated rings. The highest BCUT2D eigenvalue weighted by molar-refractivity contribution is 7.89. The van der Waals surface area contributed by atoms with Crippen molar-refractivity contribution < 1.29 is 27.5 Å². The van der Waals surface area contributed by atoms with E-state index >= 15 is 0 Å². The van der Waals surface area contributed by atoms with Crippen LogP contribution in [0.2, 0.25) is 0 Å². The van der Waals surface area contributed by atoms with Crippen molar-refractivity contribution in [2.75, 3.05) is 26.1 Å². The van der Waals surface area contributed by atoms with Gasteiger partial charge in [0, 0.05) is 5.69 Å². The maximum atomic E-state index is 11.6. The van der Waals surface area contributed by atoms with Gasteiger partial charge in [-0.05, 0) is 18.2 Å². The number of methoxy groups -OCH3 is 2. The molecule has 0 saturated carbocycles. The van der Waals surface area contributed by atoms with E-state index in [9.17, 15) is 18.0 Å². The SMILES string of the molecule is COC(=O)CNc1ccc(S(N)(=O)=O)c(C(=O)OC)c1. The summed E-state index contributed by atoms with van der Waals surface area (Å²) in [5.74, 6) is -1.36. The number of sulfonamides is 1. The van der Waals surface area contributed by atoms with Gasteiger partial charge in [0.15, 0.2) is 0 Å². The molecule has 0 bridgehead atoms. The molecule has 1 aromatic carbocycles. The average molecular weight is 302 g/mol. The summed E-state index contributed by atoms with van der Waals surface area (Å²) in [4.78, 5) is 22.2. The highest BCUT2D eigenvalue weighted by atomic mass is 32.2. The molecule has 0 heterocycles. The van der Waals surface area contributed by atoms with Gasteiger partial charge in [-0.1, -0.05) is 0 Å². The number of primary sulfonamides is 1. The van der Waals surface area contributed by atoms with Gasteiger partial charge in [0.25, 0.3) is 0 Å². The average Bonchev–Trinajstić information content (AvgIpc) is 2.42. The zero-order valence-electron chi connectivity index (χ0n) is 10.9. The van der Waals surface area contributed by atoms with E-state index in [-0.39, 0.29) is 17.0 Å². The Labute approximate surface area is 115 Å². The smallest absolute Gasteiger partial charge is 0.339 e. The standard InChI is InChI=1S/C11H14N2O6S/c1-18-10(14)6-13-7-3-4-9(20(12,16)17)8(5-7)11(15)19-2/h3-5,13H,6H2,1-2H3,(H2,12,16,17). The number of anilines is 1. The summed E-state index contributed by atoms with van der Waals surface area (Å²) in [6.07, 6.45) is 0. The first-order valence-corrected chi connectivity index (χ1v) is 6.90. The Hall–Kier alpha value is -2.13. The van der Waals surface area contributed by atoms with Crippen molar-refractivity contribution in [2.45, 2.75) is 4.90 Å². The minimum atomic E-state index is -4.06. The van der Waals surface area contributed by atoms with E-state index < -0.39 is 22.0 Å². The number of rotatable bonds is 5. The third-order valence-corrected chi connectivity index (χ3v) is 3.32. The number of hydrogen-bond donors (Lipinski definition) is 2. The summed E-state index contributed by atoms with van der Waals surface area (Å²) in [6.45, 7) is -0.133. The molecule has 0 saturated heterocycles. The van der Waals surface area contributed by atoms with Crippen LogP contribution in [0.15, 0.2) is 23.1 Å². The van der Waals surface area contributed by atoms with E-state index in [0.29, 0.717) is 5.69 Å². The van der Waals surface area contributed by atoms with Gasteiger partial charge < -0.3 is 14.8 Å². The predicted octanol–water partition coefficient (Wildman–Crippen LogP) is -0.294. The van der Waals surface area contributed by atoms with Gasteiger partial charge in [-0.15, -0.1) is 0 Å². The fraction of sp³-hybridized carbons (Fsp3) is 0.273. The van der Waals surface area contributed by atoms with Gasteiger partial charge in [0.2, 0.25) is 10.0 Å². The number of benzene rings is 1. The van der Waals surface area contributed by atoms with E-state index in [4.69, 9.17) is 5.14 Å². The number of esters is 2. The summed E-state index contributed by atoms with van der Waals surface area (Å²) in [5, 5.41) is 7.69. The van der Waals surface area contributed by atoms with Crippen LogP contribution < -0.4 is 10.5 Å². The summed E-state index contributed by atoms with van der Waals surface area (Å²) < 4.78 is 31.7. The van der Waals surface area contributed by atoms with Crippen LogP contribution in [0.5, 0.6) is 0 Å². The fourth-order valence-electron chi connectivity index (χ4n) is 1.40. The lowest BCUT2D eigenvalue weighted by Gasteiger charge is -2.10. The van der Waals surface area contributed by atoms with Crippen molar-refractivity contribution in [3.05, 3.63) is 23.8 Å². The van der Waals surface area contributed by atoms with Crippen molar-refractivity contribution in [1.29, 1.82) is 0 Å². The number of hydrogen-bond acceptors (Lipinski definition) is 7. The normalized spacial score (nSPS) is 10.8. The quantitative estimate of drug-likeness (QED) is 0.716. The summed E-state index contributed by atoms with van der Waals surface area (Å²) in [6, 6.07) is 3.75. The fourth-order valence-corrected chi connectivity index (χ4v) is 2.11. The van der Waals surface area contributed by atoms with Gasteiger partial charge in [-0.2, -0.15) is 0 Å². The maximum Gasteiger partial charge on any atom is 0.339 e. The molecule has 0 radical (unpaired) electrons. The molecule has 20 heavy (non-hydrogen) atoms. The van der Waals surface area contributed by atoms with E-state index in [2.05, 4.69) is 14.8 Å². The number of carbonyl (C=O) groups excluding carboxylic acids is 2. The third-order valence-electron chi connectivity index (χ3n) is 2.36. The van der Waals surface area contributed by atoms with Crippen molar-refractivity contribution in [3.63, 3.8) is 0 Å². The van der Waals surface area contributed by atoms with Crippen LogP contribution in [0.4, 0.5) is 5.69 Å². The molecule has 0 aliphatic rings. The van der Waals surface area contributed by atoms with Crippen LogP contribution >= 0.6 is 0 Å². The molecule has 0 atom stereocenters. The lowest BCUT2D eigenvalue weighted by Crippen LogP contribution is -2.19. The Morgan fingerprint density at radius 3 is 2.40 bits per heavy atom. The molecule has 0 aliphatic heterocycles. The second-order valence-electron chi connectivity index (χ2n) is 3.68. The van der Waals surface area contributed by atoms with E-state index in [1.165, 1.54) is 19.2 Å². The molecule has 110 valence electrons. The van der Waals surface area contributed by atoms with Crippen LogP contribution in [-0.2, 0) is 24.3 Å². The number of nitrogens with two attached hydrogens (primary N) is 1. The molecule has 3 N–H and O–H groups in total. The predicted molar refractivity (Wildman–Crippen MR) is 69.7 cm³/mol.